The van der Waals surface area contributed by atoms with E-state index >= 15 is 0 Å². The average molecular weight is 481 g/mol. The lowest BCUT2D eigenvalue weighted by molar-refractivity contribution is -0.127. The molecule has 178 valence electrons. The van der Waals surface area contributed by atoms with E-state index in [1.165, 1.54) is 4.31 Å². The first-order valence-electron chi connectivity index (χ1n) is 11.1. The van der Waals surface area contributed by atoms with Gasteiger partial charge in [-0.2, -0.15) is 0 Å². The minimum Gasteiger partial charge on any atom is -0.491 e. The zero-order valence-corrected chi connectivity index (χ0v) is 20.0. The highest BCUT2D eigenvalue weighted by molar-refractivity contribution is 7.92. The van der Waals surface area contributed by atoms with Crippen LogP contribution in [-0.2, 0) is 20.6 Å². The van der Waals surface area contributed by atoms with Crippen molar-refractivity contribution in [2.24, 2.45) is 0 Å². The Morgan fingerprint density at radius 1 is 1.06 bits per heavy atom. The molecule has 1 aliphatic rings. The Morgan fingerprint density at radius 2 is 1.79 bits per heavy atom. The van der Waals surface area contributed by atoms with Crippen molar-refractivity contribution in [2.75, 3.05) is 24.0 Å². The van der Waals surface area contributed by atoms with E-state index in [9.17, 15) is 13.2 Å². The van der Waals surface area contributed by atoms with E-state index in [1.807, 2.05) is 38.1 Å². The Labute approximate surface area is 200 Å². The lowest BCUT2D eigenvalue weighted by Gasteiger charge is -2.34. The van der Waals surface area contributed by atoms with Crippen molar-refractivity contribution in [1.29, 1.82) is 0 Å². The number of sulfonamides is 1. The summed E-state index contributed by atoms with van der Waals surface area (Å²) in [6, 6.07) is 21.7. The van der Waals surface area contributed by atoms with Crippen LogP contribution in [-0.4, -0.2) is 40.1 Å². The van der Waals surface area contributed by atoms with Gasteiger partial charge in [-0.05, 0) is 43.2 Å². The minimum atomic E-state index is -3.74. The smallest absolute Gasteiger partial charge is 0.263 e. The molecule has 1 atom stereocenters. The van der Waals surface area contributed by atoms with E-state index < -0.39 is 22.0 Å². The largest absolute Gasteiger partial charge is 0.491 e. The molecular formula is C26H28N2O5S. The fourth-order valence-electron chi connectivity index (χ4n) is 3.88. The van der Waals surface area contributed by atoms with Crippen molar-refractivity contribution in [1.82, 2.24) is 5.32 Å². The molecule has 0 saturated carbocycles. The molecule has 0 aromatic heterocycles. The Bertz CT molecular complexity index is 1260. The molecule has 0 fully saturated rings. The van der Waals surface area contributed by atoms with E-state index in [2.05, 4.69) is 5.32 Å². The fourth-order valence-corrected chi connectivity index (χ4v) is 5.46. The number of para-hydroxylation sites is 2. The standard InChI is InChI=1S/C26H28N2O5S/c1-19-12-13-23(20(2)16-19)32-15-14-27-26(29)25-17-28(22-10-6-7-11-24(22)33-25)34(30,31)18-21-8-4-3-5-9-21/h3-13,16,25H,14-15,17-18H2,1-2H3,(H,27,29)/t25-/m0/s1. The lowest BCUT2D eigenvalue weighted by atomic mass is 10.1. The highest BCUT2D eigenvalue weighted by atomic mass is 32.2. The molecule has 1 amide bonds. The van der Waals surface area contributed by atoms with Gasteiger partial charge in [-0.1, -0.05) is 60.2 Å². The number of nitrogens with zero attached hydrogens (tertiary/aromatic N) is 1. The van der Waals surface area contributed by atoms with Gasteiger partial charge in [-0.3, -0.25) is 9.10 Å². The van der Waals surface area contributed by atoms with Gasteiger partial charge in [-0.25, -0.2) is 8.42 Å². The number of rotatable bonds is 8. The number of anilines is 1. The maximum atomic E-state index is 13.3. The van der Waals surface area contributed by atoms with Crippen LogP contribution in [0.25, 0.3) is 0 Å². The van der Waals surface area contributed by atoms with Crippen molar-refractivity contribution >= 4 is 21.6 Å². The Balaban J connectivity index is 1.42. The summed E-state index contributed by atoms with van der Waals surface area (Å²) in [6.07, 6.45) is -0.971. The summed E-state index contributed by atoms with van der Waals surface area (Å²) in [7, 11) is -3.74. The normalized spacial score (nSPS) is 15.2. The molecule has 0 saturated heterocycles. The summed E-state index contributed by atoms with van der Waals surface area (Å²) in [4.78, 5) is 12.8. The highest BCUT2D eigenvalue weighted by Gasteiger charge is 2.36. The van der Waals surface area contributed by atoms with E-state index in [1.54, 1.807) is 48.5 Å². The first-order valence-corrected chi connectivity index (χ1v) is 12.7. The van der Waals surface area contributed by atoms with Gasteiger partial charge in [0.1, 0.15) is 18.1 Å². The average Bonchev–Trinajstić information content (AvgIpc) is 2.82. The molecule has 8 heteroatoms. The summed E-state index contributed by atoms with van der Waals surface area (Å²) in [5.41, 5.74) is 3.29. The van der Waals surface area contributed by atoms with Crippen LogP contribution in [0, 0.1) is 13.8 Å². The lowest BCUT2D eigenvalue weighted by Crippen LogP contribution is -2.51. The number of nitrogens with one attached hydrogen (secondary N) is 1. The van der Waals surface area contributed by atoms with Gasteiger partial charge in [0.25, 0.3) is 5.91 Å². The van der Waals surface area contributed by atoms with Crippen molar-refractivity contribution in [3.8, 4) is 11.5 Å². The summed E-state index contributed by atoms with van der Waals surface area (Å²) in [5.74, 6) is 0.567. The third-order valence-corrected chi connectivity index (χ3v) is 7.26. The molecule has 34 heavy (non-hydrogen) atoms. The molecule has 0 spiro atoms. The van der Waals surface area contributed by atoms with Gasteiger partial charge in [0, 0.05) is 0 Å². The number of ether oxygens (including phenoxy) is 2. The number of hydrogen-bond acceptors (Lipinski definition) is 5. The number of aryl methyl sites for hydroxylation is 2. The third-order valence-electron chi connectivity index (χ3n) is 5.54. The summed E-state index contributed by atoms with van der Waals surface area (Å²) < 4.78 is 39.5. The van der Waals surface area contributed by atoms with Crippen molar-refractivity contribution < 1.29 is 22.7 Å². The molecule has 1 N–H and O–H groups in total. The molecule has 0 aliphatic carbocycles. The van der Waals surface area contributed by atoms with Crippen LogP contribution in [0.3, 0.4) is 0 Å². The molecule has 1 heterocycles. The summed E-state index contributed by atoms with van der Waals surface area (Å²) >= 11 is 0. The van der Waals surface area contributed by atoms with Gasteiger partial charge in [0.05, 0.1) is 24.5 Å². The molecule has 7 nitrogen and oxygen atoms in total. The second kappa shape index (κ2) is 10.2. The van der Waals surface area contributed by atoms with Crippen molar-refractivity contribution in [3.63, 3.8) is 0 Å². The number of carbonyl (C=O) groups is 1. The summed E-state index contributed by atoms with van der Waals surface area (Å²) in [5, 5.41) is 2.80. The first kappa shape index (κ1) is 23.6. The Kier molecular flexibility index (Phi) is 7.07. The highest BCUT2D eigenvalue weighted by Crippen LogP contribution is 2.35. The Morgan fingerprint density at radius 3 is 2.56 bits per heavy atom. The van der Waals surface area contributed by atoms with Crippen LogP contribution in [0.1, 0.15) is 16.7 Å². The fraction of sp³-hybridized carbons (Fsp3) is 0.269. The maximum Gasteiger partial charge on any atom is 0.263 e. The quantitative estimate of drug-likeness (QED) is 0.498. The molecule has 0 radical (unpaired) electrons. The van der Waals surface area contributed by atoms with Gasteiger partial charge >= 0.3 is 0 Å². The number of fused-ring (bicyclic) bond motifs is 1. The monoisotopic (exact) mass is 480 g/mol. The zero-order chi connectivity index (χ0) is 24.1. The number of hydrogen-bond donors (Lipinski definition) is 1. The number of amides is 1. The number of carbonyl (C=O) groups excluding carboxylic acids is 1. The van der Waals surface area contributed by atoms with E-state index in [0.29, 0.717) is 17.0 Å². The third kappa shape index (κ3) is 5.51. The van der Waals surface area contributed by atoms with Crippen LogP contribution >= 0.6 is 0 Å². The predicted octanol–water partition coefficient (Wildman–Crippen LogP) is 3.60. The van der Waals surface area contributed by atoms with Crippen LogP contribution in [0.5, 0.6) is 11.5 Å². The van der Waals surface area contributed by atoms with Crippen LogP contribution < -0.4 is 19.1 Å². The van der Waals surface area contributed by atoms with Crippen molar-refractivity contribution in [3.05, 3.63) is 89.5 Å². The van der Waals surface area contributed by atoms with E-state index in [0.717, 1.165) is 16.9 Å². The summed E-state index contributed by atoms with van der Waals surface area (Å²) in [6.45, 7) is 4.44. The molecule has 0 unspecified atom stereocenters. The number of benzene rings is 3. The zero-order valence-electron chi connectivity index (χ0n) is 19.2. The van der Waals surface area contributed by atoms with Crippen LogP contribution in [0.15, 0.2) is 72.8 Å². The van der Waals surface area contributed by atoms with E-state index in [4.69, 9.17) is 9.47 Å². The first-order chi connectivity index (χ1) is 16.3. The van der Waals surface area contributed by atoms with Gasteiger partial charge < -0.3 is 14.8 Å². The molecule has 3 aromatic carbocycles. The predicted molar refractivity (Wildman–Crippen MR) is 132 cm³/mol. The maximum absolute atomic E-state index is 13.3. The van der Waals surface area contributed by atoms with E-state index in [-0.39, 0.29) is 25.4 Å². The second-order valence-electron chi connectivity index (χ2n) is 8.26. The molecule has 0 bridgehead atoms. The van der Waals surface area contributed by atoms with Gasteiger partial charge in [0.2, 0.25) is 10.0 Å². The van der Waals surface area contributed by atoms with Gasteiger partial charge in [-0.15, -0.1) is 0 Å². The molecular weight excluding hydrogens is 452 g/mol. The molecule has 1 aliphatic heterocycles. The van der Waals surface area contributed by atoms with Crippen LogP contribution in [0.4, 0.5) is 5.69 Å². The SMILES string of the molecule is Cc1ccc(OCCNC(=O)[C@@H]2CN(S(=O)(=O)Cc3ccccc3)c3ccccc3O2)c(C)c1. The topological polar surface area (TPSA) is 84.9 Å². The molecule has 3 aromatic rings. The second-order valence-corrected chi connectivity index (χ2v) is 10.1. The van der Waals surface area contributed by atoms with Crippen LogP contribution in [0.2, 0.25) is 0 Å². The molecule has 4 rings (SSSR count). The Hall–Kier alpha value is -3.52. The minimum absolute atomic E-state index is 0.101. The van der Waals surface area contributed by atoms with Gasteiger partial charge in [0.15, 0.2) is 6.10 Å². The van der Waals surface area contributed by atoms with Crippen molar-refractivity contribution in [2.45, 2.75) is 25.7 Å².